The van der Waals surface area contributed by atoms with Gasteiger partial charge in [-0.05, 0) is 43.2 Å². The Balaban J connectivity index is 1.69. The smallest absolute Gasteiger partial charge is 0.242 e. The summed E-state index contributed by atoms with van der Waals surface area (Å²) < 4.78 is 41.8. The standard InChI is InChI=1S/C21H19ClFN5O2S/c1-13-3-5-15(7-17(13)9-24)10-25-21-19(23)8-18(12-26-21)31(29,30)27-11-16-6-4-14(2)28-20(16)22/h3-8,12,27H,10-11H2,1-2H3,(H,25,26). The number of halogens is 2. The number of nitrogens with one attached hydrogen (secondary N) is 2. The lowest BCUT2D eigenvalue weighted by molar-refractivity contribution is 0.576. The maximum Gasteiger partial charge on any atom is 0.242 e. The lowest BCUT2D eigenvalue weighted by Gasteiger charge is -2.11. The molecule has 3 rings (SSSR count). The molecule has 0 aliphatic rings. The molecule has 1 aromatic carbocycles. The third-order valence-corrected chi connectivity index (χ3v) is 6.22. The van der Waals surface area contributed by atoms with Crippen molar-refractivity contribution in [3.63, 3.8) is 0 Å². The van der Waals surface area contributed by atoms with Crippen LogP contribution in [-0.4, -0.2) is 18.4 Å². The predicted molar refractivity (Wildman–Crippen MR) is 115 cm³/mol. The Bertz CT molecular complexity index is 1280. The van der Waals surface area contributed by atoms with Crippen molar-refractivity contribution in [3.05, 3.63) is 81.5 Å². The van der Waals surface area contributed by atoms with Crippen molar-refractivity contribution in [1.82, 2.24) is 14.7 Å². The molecule has 0 fully saturated rings. The molecule has 0 saturated heterocycles. The van der Waals surface area contributed by atoms with E-state index in [1.165, 1.54) is 0 Å². The first kappa shape index (κ1) is 22.6. The number of hydrogen-bond donors (Lipinski definition) is 2. The van der Waals surface area contributed by atoms with Gasteiger partial charge in [0.1, 0.15) is 10.0 Å². The lowest BCUT2D eigenvalue weighted by atomic mass is 10.1. The van der Waals surface area contributed by atoms with E-state index in [0.717, 1.165) is 23.4 Å². The van der Waals surface area contributed by atoms with Crippen LogP contribution in [-0.2, 0) is 23.1 Å². The summed E-state index contributed by atoms with van der Waals surface area (Å²) in [7, 11) is -4.01. The van der Waals surface area contributed by atoms with Crippen LogP contribution in [0.1, 0.15) is 27.9 Å². The summed E-state index contributed by atoms with van der Waals surface area (Å²) >= 11 is 6.02. The van der Waals surface area contributed by atoms with E-state index in [2.05, 4.69) is 26.1 Å². The molecule has 0 saturated carbocycles. The van der Waals surface area contributed by atoms with E-state index in [1.54, 1.807) is 31.2 Å². The van der Waals surface area contributed by atoms with Crippen molar-refractivity contribution < 1.29 is 12.8 Å². The number of nitrogens with zero attached hydrogens (tertiary/aromatic N) is 3. The topological polar surface area (TPSA) is 108 Å². The van der Waals surface area contributed by atoms with Crippen molar-refractivity contribution in [1.29, 1.82) is 5.26 Å². The minimum absolute atomic E-state index is 0.0925. The number of aromatic nitrogens is 2. The minimum Gasteiger partial charge on any atom is -0.364 e. The van der Waals surface area contributed by atoms with Crippen molar-refractivity contribution in [2.75, 3.05) is 5.32 Å². The van der Waals surface area contributed by atoms with E-state index in [1.807, 2.05) is 13.0 Å². The van der Waals surface area contributed by atoms with Crippen molar-refractivity contribution in [3.8, 4) is 6.07 Å². The molecule has 0 aliphatic heterocycles. The van der Waals surface area contributed by atoms with Crippen LogP contribution in [0.25, 0.3) is 0 Å². The summed E-state index contributed by atoms with van der Waals surface area (Å²) in [5.41, 5.74) is 3.35. The molecule has 10 heteroatoms. The normalized spacial score (nSPS) is 11.2. The number of benzene rings is 1. The van der Waals surface area contributed by atoms with E-state index < -0.39 is 15.8 Å². The van der Waals surface area contributed by atoms with E-state index in [4.69, 9.17) is 16.9 Å². The van der Waals surface area contributed by atoms with Crippen LogP contribution in [0.2, 0.25) is 5.15 Å². The van der Waals surface area contributed by atoms with Gasteiger partial charge in [-0.15, -0.1) is 0 Å². The second kappa shape index (κ2) is 9.39. The predicted octanol–water partition coefficient (Wildman–Crippen LogP) is 3.85. The molecule has 0 radical (unpaired) electrons. The van der Waals surface area contributed by atoms with Gasteiger partial charge in [0.2, 0.25) is 10.0 Å². The molecule has 160 valence electrons. The SMILES string of the molecule is Cc1ccc(CNS(=O)(=O)c2cnc(NCc3ccc(C)c(C#N)c3)c(F)c2)c(Cl)n1. The number of anilines is 1. The van der Waals surface area contributed by atoms with Gasteiger partial charge in [-0.25, -0.2) is 27.5 Å². The summed E-state index contributed by atoms with van der Waals surface area (Å²) in [4.78, 5) is 7.65. The van der Waals surface area contributed by atoms with Crippen molar-refractivity contribution in [2.45, 2.75) is 31.8 Å². The zero-order valence-corrected chi connectivity index (χ0v) is 18.4. The molecule has 2 N–H and O–H groups in total. The maximum atomic E-state index is 14.5. The zero-order valence-electron chi connectivity index (χ0n) is 16.8. The fourth-order valence-corrected chi connectivity index (χ4v) is 3.95. The van der Waals surface area contributed by atoms with Gasteiger partial charge in [-0.2, -0.15) is 5.26 Å². The molecule has 3 aromatic rings. The van der Waals surface area contributed by atoms with Crippen LogP contribution < -0.4 is 10.0 Å². The highest BCUT2D eigenvalue weighted by atomic mass is 35.5. The number of sulfonamides is 1. The Morgan fingerprint density at radius 3 is 2.61 bits per heavy atom. The largest absolute Gasteiger partial charge is 0.364 e. The molecule has 0 spiro atoms. The Hall–Kier alpha value is -3.06. The molecule has 0 amide bonds. The van der Waals surface area contributed by atoms with Crippen LogP contribution in [0.3, 0.4) is 0 Å². The summed E-state index contributed by atoms with van der Waals surface area (Å²) in [6.07, 6.45) is 1.07. The van der Waals surface area contributed by atoms with E-state index in [9.17, 15) is 12.8 Å². The second-order valence-electron chi connectivity index (χ2n) is 6.84. The average Bonchev–Trinajstić information content (AvgIpc) is 2.73. The molecule has 2 heterocycles. The first-order valence-corrected chi connectivity index (χ1v) is 11.1. The summed E-state index contributed by atoms with van der Waals surface area (Å²) in [5.74, 6) is -0.908. The quantitative estimate of drug-likeness (QED) is 0.519. The highest BCUT2D eigenvalue weighted by Crippen LogP contribution is 2.19. The van der Waals surface area contributed by atoms with Crippen LogP contribution in [0.15, 0.2) is 47.5 Å². The number of pyridine rings is 2. The van der Waals surface area contributed by atoms with E-state index >= 15 is 0 Å². The molecule has 0 unspecified atom stereocenters. The number of aryl methyl sites for hydroxylation is 2. The number of rotatable bonds is 7. The summed E-state index contributed by atoms with van der Waals surface area (Å²) in [6.45, 7) is 3.73. The molecule has 0 atom stereocenters. The highest BCUT2D eigenvalue weighted by Gasteiger charge is 2.18. The average molecular weight is 460 g/mol. The van der Waals surface area contributed by atoms with E-state index in [-0.39, 0.29) is 29.0 Å². The van der Waals surface area contributed by atoms with Gasteiger partial charge in [-0.3, -0.25) is 0 Å². The molecule has 7 nitrogen and oxygen atoms in total. The summed E-state index contributed by atoms with van der Waals surface area (Å²) in [5, 5.41) is 12.1. The van der Waals surface area contributed by atoms with Crippen LogP contribution in [0.4, 0.5) is 10.2 Å². The highest BCUT2D eigenvalue weighted by molar-refractivity contribution is 7.89. The third kappa shape index (κ3) is 5.55. The van der Waals surface area contributed by atoms with Crippen molar-refractivity contribution in [2.24, 2.45) is 0 Å². The fourth-order valence-electron chi connectivity index (χ4n) is 2.72. The maximum absolute atomic E-state index is 14.5. The van der Waals surface area contributed by atoms with Gasteiger partial charge >= 0.3 is 0 Å². The summed E-state index contributed by atoms with van der Waals surface area (Å²) in [6, 6.07) is 11.7. The van der Waals surface area contributed by atoms with Gasteiger partial charge < -0.3 is 5.32 Å². The number of nitriles is 1. The van der Waals surface area contributed by atoms with Gasteiger partial charge in [0.05, 0.1) is 11.6 Å². The van der Waals surface area contributed by atoms with Gasteiger partial charge in [0.25, 0.3) is 0 Å². The first-order chi connectivity index (χ1) is 14.7. The third-order valence-electron chi connectivity index (χ3n) is 4.53. The molecular weight excluding hydrogens is 441 g/mol. The van der Waals surface area contributed by atoms with Gasteiger partial charge in [-0.1, -0.05) is 29.8 Å². The second-order valence-corrected chi connectivity index (χ2v) is 8.97. The Kier molecular flexibility index (Phi) is 6.85. The molecular formula is C21H19ClFN5O2S. The first-order valence-electron chi connectivity index (χ1n) is 9.20. The Morgan fingerprint density at radius 1 is 1.16 bits per heavy atom. The molecule has 2 aromatic heterocycles. The van der Waals surface area contributed by atoms with Crippen LogP contribution in [0, 0.1) is 31.0 Å². The lowest BCUT2D eigenvalue weighted by Crippen LogP contribution is -2.24. The van der Waals surface area contributed by atoms with Gasteiger partial charge in [0.15, 0.2) is 11.6 Å². The van der Waals surface area contributed by atoms with Crippen LogP contribution in [0.5, 0.6) is 0 Å². The molecule has 0 aliphatic carbocycles. The van der Waals surface area contributed by atoms with E-state index in [0.29, 0.717) is 16.8 Å². The Morgan fingerprint density at radius 2 is 1.94 bits per heavy atom. The van der Waals surface area contributed by atoms with Gasteiger partial charge in [0, 0.05) is 30.5 Å². The zero-order chi connectivity index (χ0) is 22.6. The fraction of sp³-hybridized carbons (Fsp3) is 0.190. The minimum atomic E-state index is -4.01. The monoisotopic (exact) mass is 459 g/mol. The van der Waals surface area contributed by atoms with Crippen molar-refractivity contribution >= 4 is 27.4 Å². The molecule has 0 bridgehead atoms. The Labute approximate surface area is 185 Å². The number of hydrogen-bond acceptors (Lipinski definition) is 6. The molecule has 31 heavy (non-hydrogen) atoms. The van der Waals surface area contributed by atoms with Crippen LogP contribution >= 0.6 is 11.6 Å².